The molecule has 1 saturated carbocycles. The van der Waals surface area contributed by atoms with Gasteiger partial charge in [0.25, 0.3) is 0 Å². The van der Waals surface area contributed by atoms with Crippen molar-refractivity contribution in [2.24, 2.45) is 5.92 Å². The van der Waals surface area contributed by atoms with Crippen molar-refractivity contribution in [1.82, 2.24) is 0 Å². The average molecular weight is 353 g/mol. The van der Waals surface area contributed by atoms with E-state index in [1.165, 1.54) is 24.8 Å². The van der Waals surface area contributed by atoms with E-state index >= 15 is 0 Å². The number of fused-ring (bicyclic) bond motifs is 1. The number of benzene rings is 1. The van der Waals surface area contributed by atoms with E-state index in [4.69, 9.17) is 5.11 Å². The molecule has 0 spiro atoms. The molecule has 2 atom stereocenters. The number of aliphatic hydroxyl groups excluding tert-OH is 1. The van der Waals surface area contributed by atoms with Crippen LogP contribution < -0.4 is 0 Å². The summed E-state index contributed by atoms with van der Waals surface area (Å²) in [4.78, 5) is 0. The molecule has 0 aromatic heterocycles. The molecule has 0 saturated heterocycles. The fourth-order valence-electron chi connectivity index (χ4n) is 4.02. The molecule has 2 aliphatic rings. The van der Waals surface area contributed by atoms with E-state index in [0.717, 1.165) is 18.1 Å². The Morgan fingerprint density at radius 1 is 1.12 bits per heavy atom. The zero-order valence-electron chi connectivity index (χ0n) is 17.5. The van der Waals surface area contributed by atoms with E-state index in [0.29, 0.717) is 10.8 Å². The van der Waals surface area contributed by atoms with Gasteiger partial charge in [-0.1, -0.05) is 76.3 Å². The van der Waals surface area contributed by atoms with Crippen molar-refractivity contribution >= 4 is 0 Å². The highest BCUT2D eigenvalue weighted by Crippen LogP contribution is 2.52. The fraction of sp³-hybridized carbons (Fsp3) is 0.520. The summed E-state index contributed by atoms with van der Waals surface area (Å²) >= 11 is 0. The van der Waals surface area contributed by atoms with Gasteiger partial charge in [-0.15, -0.1) is 0 Å². The summed E-state index contributed by atoms with van der Waals surface area (Å²) in [5.41, 5.74) is 6.75. The third-order valence-corrected chi connectivity index (χ3v) is 6.21. The highest BCUT2D eigenvalue weighted by molar-refractivity contribution is 5.46. The van der Waals surface area contributed by atoms with Crippen molar-refractivity contribution in [3.63, 3.8) is 0 Å². The standard InChI is InChI=1S/C23H32.C2H4O/c1-7-16(2)8-9-17-14-19(17)18-10-11-20-21(15-18)23(5,6)13-12-22(20,3)4;1-2-3/h7-11,15,17,19H,12-14H2,1-6H3;2-3H,1H2/b9-8+,16-7+;. The van der Waals surface area contributed by atoms with Crippen molar-refractivity contribution in [1.29, 1.82) is 0 Å². The minimum Gasteiger partial charge on any atom is -0.516 e. The summed E-state index contributed by atoms with van der Waals surface area (Å²) in [6.45, 7) is 16.9. The van der Waals surface area contributed by atoms with Crippen LogP contribution in [-0.2, 0) is 10.8 Å². The smallest absolute Gasteiger partial charge is 0.0719 e. The number of aliphatic hydroxyl groups is 1. The molecule has 1 heteroatoms. The normalized spacial score (nSPS) is 25.8. The van der Waals surface area contributed by atoms with E-state index in [2.05, 4.69) is 84.5 Å². The first kappa shape index (κ1) is 20.6. The van der Waals surface area contributed by atoms with Gasteiger partial charge in [-0.2, -0.15) is 0 Å². The van der Waals surface area contributed by atoms with Crippen LogP contribution in [0, 0.1) is 5.92 Å². The van der Waals surface area contributed by atoms with E-state index < -0.39 is 0 Å². The van der Waals surface area contributed by atoms with Crippen molar-refractivity contribution in [2.45, 2.75) is 77.6 Å². The Morgan fingerprint density at radius 3 is 2.27 bits per heavy atom. The van der Waals surface area contributed by atoms with E-state index in [1.54, 1.807) is 16.7 Å². The van der Waals surface area contributed by atoms with Gasteiger partial charge in [0.05, 0.1) is 6.26 Å². The predicted octanol–water partition coefficient (Wildman–Crippen LogP) is 7.35. The molecule has 2 aliphatic carbocycles. The topological polar surface area (TPSA) is 20.2 Å². The Bertz CT molecular complexity index is 703. The predicted molar refractivity (Wildman–Crippen MR) is 114 cm³/mol. The van der Waals surface area contributed by atoms with Crippen LogP contribution in [0.5, 0.6) is 0 Å². The van der Waals surface area contributed by atoms with Gasteiger partial charge in [0, 0.05) is 0 Å². The molecular weight excluding hydrogens is 316 g/mol. The molecule has 0 radical (unpaired) electrons. The van der Waals surface area contributed by atoms with Crippen LogP contribution in [0.25, 0.3) is 0 Å². The summed E-state index contributed by atoms with van der Waals surface area (Å²) in [6, 6.07) is 7.38. The van der Waals surface area contributed by atoms with Gasteiger partial charge in [-0.25, -0.2) is 0 Å². The van der Waals surface area contributed by atoms with Crippen molar-refractivity contribution in [3.05, 3.63) is 71.5 Å². The van der Waals surface area contributed by atoms with Gasteiger partial charge in [0.1, 0.15) is 0 Å². The maximum Gasteiger partial charge on any atom is 0.0719 e. The lowest BCUT2D eigenvalue weighted by Crippen LogP contribution is -2.33. The van der Waals surface area contributed by atoms with Crippen LogP contribution in [-0.4, -0.2) is 5.11 Å². The van der Waals surface area contributed by atoms with E-state index in [9.17, 15) is 0 Å². The van der Waals surface area contributed by atoms with Crippen LogP contribution in [0.3, 0.4) is 0 Å². The third kappa shape index (κ3) is 4.50. The quantitative estimate of drug-likeness (QED) is 0.445. The number of hydrogen-bond donors (Lipinski definition) is 1. The molecule has 0 aliphatic heterocycles. The molecular formula is C25H36O. The van der Waals surface area contributed by atoms with Crippen molar-refractivity contribution < 1.29 is 5.11 Å². The Kier molecular flexibility index (Phi) is 6.21. The van der Waals surface area contributed by atoms with Gasteiger partial charge in [-0.05, 0) is 72.5 Å². The number of hydrogen-bond acceptors (Lipinski definition) is 1. The molecule has 142 valence electrons. The summed E-state index contributed by atoms with van der Waals surface area (Å²) in [5.74, 6) is 1.48. The Labute approximate surface area is 160 Å². The van der Waals surface area contributed by atoms with E-state index in [1.807, 2.05) is 0 Å². The van der Waals surface area contributed by atoms with Crippen molar-refractivity contribution in [3.8, 4) is 0 Å². The molecule has 0 bridgehead atoms. The summed E-state index contributed by atoms with van der Waals surface area (Å²) in [7, 11) is 0. The second-order valence-electron chi connectivity index (χ2n) is 9.15. The lowest BCUT2D eigenvalue weighted by atomic mass is 9.63. The van der Waals surface area contributed by atoms with Gasteiger partial charge in [0.15, 0.2) is 0 Å². The van der Waals surface area contributed by atoms with Crippen LogP contribution in [0.2, 0.25) is 0 Å². The molecule has 1 fully saturated rings. The SMILES string of the molecule is C/C=C(C)/C=C/C1CC1c1ccc2c(c1)C(C)(C)CCC2(C)C.C=CO. The molecule has 1 aromatic rings. The van der Waals surface area contributed by atoms with Crippen LogP contribution in [0.4, 0.5) is 0 Å². The highest BCUT2D eigenvalue weighted by Gasteiger charge is 2.40. The molecule has 1 nitrogen and oxygen atoms in total. The third-order valence-electron chi connectivity index (χ3n) is 6.21. The second kappa shape index (κ2) is 7.86. The summed E-state index contributed by atoms with van der Waals surface area (Å²) in [6.07, 6.45) is 11.5. The number of rotatable bonds is 3. The average Bonchev–Trinajstić information content (AvgIpc) is 3.37. The molecule has 1 N–H and O–H groups in total. The molecule has 0 heterocycles. The summed E-state index contributed by atoms with van der Waals surface area (Å²) in [5, 5.41) is 7.33. The second-order valence-corrected chi connectivity index (χ2v) is 9.15. The maximum absolute atomic E-state index is 7.33. The molecule has 26 heavy (non-hydrogen) atoms. The van der Waals surface area contributed by atoms with Crippen LogP contribution in [0.1, 0.15) is 83.4 Å². The Hall–Kier alpha value is -1.76. The monoisotopic (exact) mass is 352 g/mol. The largest absolute Gasteiger partial charge is 0.516 e. The minimum atomic E-state index is 0.322. The van der Waals surface area contributed by atoms with Gasteiger partial charge < -0.3 is 5.11 Å². The highest BCUT2D eigenvalue weighted by atomic mass is 16.2. The van der Waals surface area contributed by atoms with E-state index in [-0.39, 0.29) is 0 Å². The van der Waals surface area contributed by atoms with Crippen LogP contribution in [0.15, 0.2) is 54.8 Å². The number of allylic oxidation sites excluding steroid dienone is 4. The lowest BCUT2D eigenvalue weighted by Gasteiger charge is -2.42. The van der Waals surface area contributed by atoms with Crippen LogP contribution >= 0.6 is 0 Å². The van der Waals surface area contributed by atoms with Gasteiger partial charge >= 0.3 is 0 Å². The first-order valence-corrected chi connectivity index (χ1v) is 9.87. The minimum absolute atomic E-state index is 0.322. The van der Waals surface area contributed by atoms with Gasteiger partial charge in [0.2, 0.25) is 0 Å². The fourth-order valence-corrected chi connectivity index (χ4v) is 4.02. The zero-order chi connectivity index (χ0) is 19.5. The maximum atomic E-state index is 7.33. The molecule has 2 unspecified atom stereocenters. The zero-order valence-corrected chi connectivity index (χ0v) is 17.5. The Morgan fingerprint density at radius 2 is 1.69 bits per heavy atom. The molecule has 3 rings (SSSR count). The summed E-state index contributed by atoms with van der Waals surface area (Å²) < 4.78 is 0. The van der Waals surface area contributed by atoms with Crippen molar-refractivity contribution in [2.75, 3.05) is 0 Å². The lowest BCUT2D eigenvalue weighted by molar-refractivity contribution is 0.331. The first-order chi connectivity index (χ1) is 12.2. The molecule has 1 aromatic carbocycles. The Balaban J connectivity index is 0.000000758. The molecule has 0 amide bonds. The first-order valence-electron chi connectivity index (χ1n) is 9.87. The van der Waals surface area contributed by atoms with Gasteiger partial charge in [-0.3, -0.25) is 0 Å².